The molecule has 1 aromatic rings. The van der Waals surface area contributed by atoms with Crippen molar-refractivity contribution in [2.75, 3.05) is 13.1 Å². The minimum Gasteiger partial charge on any atom is -0.329 e. The molecule has 1 heterocycles. The zero-order valence-corrected chi connectivity index (χ0v) is 12.0. The monoisotopic (exact) mass is 266 g/mol. The lowest BCUT2D eigenvalue weighted by Crippen LogP contribution is -2.47. The minimum atomic E-state index is 0.347. The van der Waals surface area contributed by atoms with Crippen molar-refractivity contribution in [3.05, 3.63) is 34.9 Å². The van der Waals surface area contributed by atoms with Crippen molar-refractivity contribution in [1.29, 1.82) is 0 Å². The molecule has 2 nitrogen and oxygen atoms in total. The van der Waals surface area contributed by atoms with Crippen LogP contribution in [0, 0.1) is 5.92 Å². The molecule has 0 saturated carbocycles. The molecule has 100 valence electrons. The number of rotatable bonds is 3. The van der Waals surface area contributed by atoms with Crippen molar-refractivity contribution in [2.24, 2.45) is 11.7 Å². The number of nitrogens with two attached hydrogens (primary N) is 1. The quantitative estimate of drug-likeness (QED) is 0.908. The van der Waals surface area contributed by atoms with Crippen molar-refractivity contribution < 1.29 is 0 Å². The van der Waals surface area contributed by atoms with Gasteiger partial charge in [-0.3, -0.25) is 4.90 Å². The molecule has 2 N–H and O–H groups in total. The first-order valence-electron chi connectivity index (χ1n) is 6.83. The van der Waals surface area contributed by atoms with Gasteiger partial charge in [-0.2, -0.15) is 0 Å². The predicted molar refractivity (Wildman–Crippen MR) is 77.8 cm³/mol. The van der Waals surface area contributed by atoms with Crippen LogP contribution in [-0.2, 0) is 0 Å². The average molecular weight is 267 g/mol. The van der Waals surface area contributed by atoms with E-state index in [1.54, 1.807) is 0 Å². The van der Waals surface area contributed by atoms with E-state index < -0.39 is 0 Å². The largest absolute Gasteiger partial charge is 0.329 e. The van der Waals surface area contributed by atoms with Crippen LogP contribution < -0.4 is 5.73 Å². The van der Waals surface area contributed by atoms with E-state index in [1.807, 2.05) is 12.1 Å². The number of nitrogens with zero attached hydrogens (tertiary/aromatic N) is 1. The third kappa shape index (κ3) is 2.87. The van der Waals surface area contributed by atoms with Gasteiger partial charge in [0.05, 0.1) is 0 Å². The fourth-order valence-electron chi connectivity index (χ4n) is 3.00. The van der Waals surface area contributed by atoms with E-state index in [4.69, 9.17) is 17.3 Å². The van der Waals surface area contributed by atoms with Gasteiger partial charge in [-0.25, -0.2) is 0 Å². The lowest BCUT2D eigenvalue weighted by atomic mass is 9.90. The van der Waals surface area contributed by atoms with E-state index >= 15 is 0 Å². The number of benzene rings is 1. The van der Waals surface area contributed by atoms with E-state index in [0.29, 0.717) is 12.1 Å². The van der Waals surface area contributed by atoms with Gasteiger partial charge >= 0.3 is 0 Å². The molecule has 1 fully saturated rings. The third-order valence-electron chi connectivity index (χ3n) is 4.15. The molecule has 0 amide bonds. The maximum Gasteiger partial charge on any atom is 0.0453 e. The Morgan fingerprint density at radius 2 is 2.17 bits per heavy atom. The molecule has 3 heteroatoms. The molecule has 18 heavy (non-hydrogen) atoms. The van der Waals surface area contributed by atoms with Crippen LogP contribution in [0.5, 0.6) is 0 Å². The Labute approximate surface area is 115 Å². The Balaban J connectivity index is 2.17. The Hall–Kier alpha value is -0.570. The Morgan fingerprint density at radius 1 is 1.44 bits per heavy atom. The molecule has 1 aromatic carbocycles. The molecule has 0 radical (unpaired) electrons. The number of halogens is 1. The Morgan fingerprint density at radius 3 is 2.83 bits per heavy atom. The van der Waals surface area contributed by atoms with Gasteiger partial charge < -0.3 is 5.73 Å². The molecule has 1 aliphatic rings. The van der Waals surface area contributed by atoms with Gasteiger partial charge in [-0.1, -0.05) is 36.7 Å². The van der Waals surface area contributed by atoms with Gasteiger partial charge in [0.2, 0.25) is 0 Å². The Kier molecular flexibility index (Phi) is 4.66. The summed E-state index contributed by atoms with van der Waals surface area (Å²) in [6.45, 7) is 6.41. The summed E-state index contributed by atoms with van der Waals surface area (Å²) >= 11 is 6.30. The zero-order valence-electron chi connectivity index (χ0n) is 11.3. The molecular weight excluding hydrogens is 244 g/mol. The lowest BCUT2D eigenvalue weighted by Gasteiger charge is -2.42. The highest BCUT2D eigenvalue weighted by Gasteiger charge is 2.29. The number of piperidine rings is 1. The first kappa shape index (κ1) is 13.9. The van der Waals surface area contributed by atoms with Gasteiger partial charge in [0.15, 0.2) is 0 Å². The Bertz CT molecular complexity index is 394. The van der Waals surface area contributed by atoms with Crippen molar-refractivity contribution in [1.82, 2.24) is 4.90 Å². The highest BCUT2D eigenvalue weighted by Crippen LogP contribution is 2.33. The molecule has 3 unspecified atom stereocenters. The molecule has 2 rings (SSSR count). The van der Waals surface area contributed by atoms with Crippen LogP contribution in [0.15, 0.2) is 24.3 Å². The standard InChI is InChI=1S/C15H23ClN2/c1-11-7-8-18(13(9-11)10-17)12(2)14-5-3-4-6-15(14)16/h3-6,11-13H,7-10,17H2,1-2H3. The molecule has 0 bridgehead atoms. The minimum absolute atomic E-state index is 0.347. The van der Waals surface area contributed by atoms with Crippen molar-refractivity contribution in [3.8, 4) is 0 Å². The summed E-state index contributed by atoms with van der Waals surface area (Å²) < 4.78 is 0. The van der Waals surface area contributed by atoms with E-state index in [9.17, 15) is 0 Å². The zero-order chi connectivity index (χ0) is 13.1. The maximum absolute atomic E-state index is 6.30. The van der Waals surface area contributed by atoms with Crippen LogP contribution >= 0.6 is 11.6 Å². The van der Waals surface area contributed by atoms with Crippen molar-refractivity contribution >= 4 is 11.6 Å². The van der Waals surface area contributed by atoms with Gasteiger partial charge in [-0.05, 0) is 43.9 Å². The van der Waals surface area contributed by atoms with Crippen LogP contribution in [0.3, 0.4) is 0 Å². The van der Waals surface area contributed by atoms with Crippen molar-refractivity contribution in [3.63, 3.8) is 0 Å². The summed E-state index contributed by atoms with van der Waals surface area (Å²) in [5.74, 6) is 0.785. The SMILES string of the molecule is CC1CCN(C(C)c2ccccc2Cl)C(CN)C1. The fraction of sp³-hybridized carbons (Fsp3) is 0.600. The molecule has 0 aliphatic carbocycles. The average Bonchev–Trinajstić information content (AvgIpc) is 2.38. The van der Waals surface area contributed by atoms with E-state index in [2.05, 4.69) is 30.9 Å². The normalized spacial score (nSPS) is 27.1. The van der Waals surface area contributed by atoms with Crippen LogP contribution in [0.2, 0.25) is 5.02 Å². The summed E-state index contributed by atoms with van der Waals surface area (Å²) in [6.07, 6.45) is 2.45. The first-order chi connectivity index (χ1) is 8.63. The first-order valence-corrected chi connectivity index (χ1v) is 7.21. The van der Waals surface area contributed by atoms with E-state index in [0.717, 1.165) is 24.0 Å². The summed E-state index contributed by atoms with van der Waals surface area (Å²) in [4.78, 5) is 2.52. The molecule has 3 atom stereocenters. The lowest BCUT2D eigenvalue weighted by molar-refractivity contribution is 0.0834. The molecule has 1 aliphatic heterocycles. The van der Waals surface area contributed by atoms with Crippen LogP contribution in [0.4, 0.5) is 0 Å². The summed E-state index contributed by atoms with van der Waals surface area (Å²) in [7, 11) is 0. The second kappa shape index (κ2) is 6.05. The number of hydrogen-bond donors (Lipinski definition) is 1. The molecule has 0 aromatic heterocycles. The van der Waals surface area contributed by atoms with Crippen LogP contribution in [0.25, 0.3) is 0 Å². The molecule has 0 spiro atoms. The van der Waals surface area contributed by atoms with Crippen LogP contribution in [-0.4, -0.2) is 24.0 Å². The number of hydrogen-bond acceptors (Lipinski definition) is 2. The van der Waals surface area contributed by atoms with Gasteiger partial charge in [-0.15, -0.1) is 0 Å². The number of likely N-dealkylation sites (tertiary alicyclic amines) is 1. The van der Waals surface area contributed by atoms with Gasteiger partial charge in [0.1, 0.15) is 0 Å². The highest BCUT2D eigenvalue weighted by molar-refractivity contribution is 6.31. The maximum atomic E-state index is 6.30. The van der Waals surface area contributed by atoms with Crippen molar-refractivity contribution in [2.45, 2.75) is 38.8 Å². The topological polar surface area (TPSA) is 29.3 Å². The van der Waals surface area contributed by atoms with Gasteiger partial charge in [0.25, 0.3) is 0 Å². The van der Waals surface area contributed by atoms with Crippen LogP contribution in [0.1, 0.15) is 38.3 Å². The second-order valence-electron chi connectivity index (χ2n) is 5.45. The third-order valence-corrected chi connectivity index (χ3v) is 4.49. The molecule has 1 saturated heterocycles. The predicted octanol–water partition coefficient (Wildman–Crippen LogP) is 3.46. The molecular formula is C15H23ClN2. The summed E-state index contributed by atoms with van der Waals surface area (Å²) in [5, 5.41) is 0.861. The fourth-order valence-corrected chi connectivity index (χ4v) is 3.30. The van der Waals surface area contributed by atoms with Gasteiger partial charge in [0, 0.05) is 23.7 Å². The smallest absolute Gasteiger partial charge is 0.0453 e. The summed E-state index contributed by atoms with van der Waals surface area (Å²) in [6, 6.07) is 8.97. The van der Waals surface area contributed by atoms with E-state index in [-0.39, 0.29) is 0 Å². The second-order valence-corrected chi connectivity index (χ2v) is 5.86. The summed E-state index contributed by atoms with van der Waals surface area (Å²) in [5.41, 5.74) is 7.15. The van der Waals surface area contributed by atoms with E-state index in [1.165, 1.54) is 18.4 Å². The highest BCUT2D eigenvalue weighted by atomic mass is 35.5.